The van der Waals surface area contributed by atoms with E-state index in [0.717, 1.165) is 11.8 Å². The average molecular weight is 316 g/mol. The summed E-state index contributed by atoms with van der Waals surface area (Å²) >= 11 is 0. The number of ether oxygens (including phenoxy) is 1. The lowest BCUT2D eigenvalue weighted by atomic mass is 9.83. The number of nitrogens with one attached hydrogen (secondary N) is 1. The SMILES string of the molecule is O=S(=O)(CCN[C@@H]1CCC[C@H](C2CC2)C1)N1CCOCC1. The van der Waals surface area contributed by atoms with E-state index in [2.05, 4.69) is 5.32 Å². The standard InChI is InChI=1S/C15H28N2O3S/c18-21(19,17-7-9-20-10-8-17)11-6-16-15-3-1-2-14(12-15)13-4-5-13/h13-16H,1-12H2/t14-,15+/m0/s1. The van der Waals surface area contributed by atoms with Gasteiger partial charge in [0.25, 0.3) is 0 Å². The first-order chi connectivity index (χ1) is 10.1. The molecule has 21 heavy (non-hydrogen) atoms. The highest BCUT2D eigenvalue weighted by atomic mass is 32.2. The maximum absolute atomic E-state index is 12.2. The van der Waals surface area contributed by atoms with Gasteiger partial charge in [0.15, 0.2) is 0 Å². The van der Waals surface area contributed by atoms with E-state index in [4.69, 9.17) is 4.74 Å². The van der Waals surface area contributed by atoms with Crippen LogP contribution in [0.15, 0.2) is 0 Å². The summed E-state index contributed by atoms with van der Waals surface area (Å²) in [6.07, 6.45) is 7.98. The highest BCUT2D eigenvalue weighted by molar-refractivity contribution is 7.89. The third-order valence-electron chi connectivity index (χ3n) is 5.16. The molecular formula is C15H28N2O3S. The van der Waals surface area contributed by atoms with Gasteiger partial charge in [0, 0.05) is 25.7 Å². The third kappa shape index (κ3) is 4.41. The molecule has 6 heteroatoms. The quantitative estimate of drug-likeness (QED) is 0.800. The molecule has 1 saturated heterocycles. The van der Waals surface area contributed by atoms with E-state index in [1.54, 1.807) is 4.31 Å². The molecular weight excluding hydrogens is 288 g/mol. The van der Waals surface area contributed by atoms with Gasteiger partial charge in [-0.1, -0.05) is 12.8 Å². The monoisotopic (exact) mass is 316 g/mol. The highest BCUT2D eigenvalue weighted by Crippen LogP contribution is 2.43. The summed E-state index contributed by atoms with van der Waals surface area (Å²) in [7, 11) is -3.11. The number of sulfonamides is 1. The van der Waals surface area contributed by atoms with Crippen LogP contribution in [0.5, 0.6) is 0 Å². The summed E-state index contributed by atoms with van der Waals surface area (Å²) in [6, 6.07) is 0.532. The Kier molecular flexibility index (Phi) is 5.19. The summed E-state index contributed by atoms with van der Waals surface area (Å²) in [5.41, 5.74) is 0. The molecule has 0 aromatic carbocycles. The molecule has 2 saturated carbocycles. The van der Waals surface area contributed by atoms with Gasteiger partial charge in [0.05, 0.1) is 19.0 Å². The van der Waals surface area contributed by atoms with Crippen molar-refractivity contribution in [3.05, 3.63) is 0 Å². The predicted molar refractivity (Wildman–Crippen MR) is 82.7 cm³/mol. The molecule has 3 rings (SSSR count). The Morgan fingerprint density at radius 1 is 1.05 bits per heavy atom. The van der Waals surface area contributed by atoms with Crippen molar-refractivity contribution in [1.82, 2.24) is 9.62 Å². The van der Waals surface area contributed by atoms with Crippen molar-refractivity contribution in [1.29, 1.82) is 0 Å². The van der Waals surface area contributed by atoms with E-state index in [-0.39, 0.29) is 5.75 Å². The lowest BCUT2D eigenvalue weighted by Gasteiger charge is -2.30. The number of hydrogen-bond acceptors (Lipinski definition) is 4. The molecule has 5 nitrogen and oxygen atoms in total. The summed E-state index contributed by atoms with van der Waals surface area (Å²) in [6.45, 7) is 2.66. The van der Waals surface area contributed by atoms with Crippen LogP contribution in [-0.4, -0.2) is 57.4 Å². The van der Waals surface area contributed by atoms with E-state index in [1.807, 2.05) is 0 Å². The highest BCUT2D eigenvalue weighted by Gasteiger charge is 2.34. The van der Waals surface area contributed by atoms with Gasteiger partial charge in [-0.15, -0.1) is 0 Å². The Hall–Kier alpha value is -0.170. The predicted octanol–water partition coefficient (Wildman–Crippen LogP) is 1.21. The minimum atomic E-state index is -3.11. The minimum absolute atomic E-state index is 0.220. The molecule has 2 aliphatic carbocycles. The smallest absolute Gasteiger partial charge is 0.215 e. The molecule has 3 fully saturated rings. The maximum Gasteiger partial charge on any atom is 0.215 e. The Balaban J connectivity index is 1.40. The molecule has 1 N–H and O–H groups in total. The first-order valence-electron chi connectivity index (χ1n) is 8.44. The van der Waals surface area contributed by atoms with Gasteiger partial charge in [0.2, 0.25) is 10.0 Å². The molecule has 0 radical (unpaired) electrons. The molecule has 0 unspecified atom stereocenters. The van der Waals surface area contributed by atoms with Gasteiger partial charge in [-0.25, -0.2) is 8.42 Å². The number of morpholine rings is 1. The lowest BCUT2D eigenvalue weighted by molar-refractivity contribution is 0.0730. The topological polar surface area (TPSA) is 58.6 Å². The molecule has 0 spiro atoms. The van der Waals surface area contributed by atoms with E-state index in [1.165, 1.54) is 38.5 Å². The zero-order chi connectivity index (χ0) is 14.7. The van der Waals surface area contributed by atoms with Crippen LogP contribution in [0.1, 0.15) is 38.5 Å². The van der Waals surface area contributed by atoms with Gasteiger partial charge in [-0.3, -0.25) is 0 Å². The lowest BCUT2D eigenvalue weighted by Crippen LogP contribution is -2.44. The molecule has 122 valence electrons. The van der Waals surface area contributed by atoms with E-state index in [0.29, 0.717) is 38.9 Å². The summed E-state index contributed by atoms with van der Waals surface area (Å²) in [4.78, 5) is 0. The van der Waals surface area contributed by atoms with Crippen LogP contribution < -0.4 is 5.32 Å². The number of hydrogen-bond donors (Lipinski definition) is 1. The fraction of sp³-hybridized carbons (Fsp3) is 1.00. The first kappa shape index (κ1) is 15.7. The Morgan fingerprint density at radius 2 is 1.81 bits per heavy atom. The zero-order valence-corrected chi connectivity index (χ0v) is 13.6. The molecule has 0 amide bonds. The van der Waals surface area contributed by atoms with Crippen molar-refractivity contribution in [3.8, 4) is 0 Å². The van der Waals surface area contributed by atoms with Crippen LogP contribution in [0.2, 0.25) is 0 Å². The molecule has 0 aromatic rings. The number of rotatable bonds is 6. The van der Waals surface area contributed by atoms with Gasteiger partial charge < -0.3 is 10.1 Å². The van der Waals surface area contributed by atoms with E-state index < -0.39 is 10.0 Å². The average Bonchev–Trinajstić information content (AvgIpc) is 3.33. The van der Waals surface area contributed by atoms with Crippen molar-refractivity contribution in [3.63, 3.8) is 0 Å². The molecule has 3 aliphatic rings. The van der Waals surface area contributed by atoms with E-state index in [9.17, 15) is 8.42 Å². The Bertz CT molecular complexity index is 430. The van der Waals surface area contributed by atoms with Crippen LogP contribution in [-0.2, 0) is 14.8 Å². The molecule has 1 heterocycles. The van der Waals surface area contributed by atoms with Crippen LogP contribution in [0.3, 0.4) is 0 Å². The van der Waals surface area contributed by atoms with E-state index >= 15 is 0 Å². The molecule has 0 aromatic heterocycles. The van der Waals surface area contributed by atoms with Crippen LogP contribution in [0.25, 0.3) is 0 Å². The Labute approximate surface area is 128 Å². The van der Waals surface area contributed by atoms with Crippen molar-refractivity contribution in [2.24, 2.45) is 11.8 Å². The van der Waals surface area contributed by atoms with Gasteiger partial charge >= 0.3 is 0 Å². The second-order valence-corrected chi connectivity index (χ2v) is 8.83. The number of nitrogens with zero attached hydrogens (tertiary/aromatic N) is 1. The largest absolute Gasteiger partial charge is 0.379 e. The van der Waals surface area contributed by atoms with Gasteiger partial charge in [0.1, 0.15) is 0 Å². The second-order valence-electron chi connectivity index (χ2n) is 6.74. The molecule has 0 bridgehead atoms. The third-order valence-corrected chi connectivity index (χ3v) is 7.03. The van der Waals surface area contributed by atoms with Crippen molar-refractivity contribution >= 4 is 10.0 Å². The van der Waals surface area contributed by atoms with Gasteiger partial charge in [-0.05, 0) is 37.5 Å². The first-order valence-corrected chi connectivity index (χ1v) is 10.0. The second kappa shape index (κ2) is 6.94. The Morgan fingerprint density at radius 3 is 2.52 bits per heavy atom. The summed E-state index contributed by atoms with van der Waals surface area (Å²) in [5.74, 6) is 2.09. The fourth-order valence-electron chi connectivity index (χ4n) is 3.75. The van der Waals surface area contributed by atoms with Crippen molar-refractivity contribution < 1.29 is 13.2 Å². The molecule has 1 aliphatic heterocycles. The van der Waals surface area contributed by atoms with Crippen LogP contribution >= 0.6 is 0 Å². The fourth-order valence-corrected chi connectivity index (χ4v) is 5.09. The molecule has 2 atom stereocenters. The van der Waals surface area contributed by atoms with Crippen molar-refractivity contribution in [2.75, 3.05) is 38.6 Å². The van der Waals surface area contributed by atoms with Crippen molar-refractivity contribution in [2.45, 2.75) is 44.6 Å². The summed E-state index contributed by atoms with van der Waals surface area (Å²) < 4.78 is 31.3. The maximum atomic E-state index is 12.2. The van der Waals surface area contributed by atoms with Crippen LogP contribution in [0, 0.1) is 11.8 Å². The summed E-state index contributed by atoms with van der Waals surface area (Å²) in [5, 5.41) is 3.49. The minimum Gasteiger partial charge on any atom is -0.379 e. The normalized spacial score (nSPS) is 32.2. The van der Waals surface area contributed by atoms with Gasteiger partial charge in [-0.2, -0.15) is 4.31 Å². The zero-order valence-electron chi connectivity index (χ0n) is 12.8. The van der Waals surface area contributed by atoms with Crippen LogP contribution in [0.4, 0.5) is 0 Å².